The van der Waals surface area contributed by atoms with Crippen molar-refractivity contribution in [1.29, 1.82) is 0 Å². The molecule has 0 unspecified atom stereocenters. The van der Waals surface area contributed by atoms with Gasteiger partial charge >= 0.3 is 0 Å². The summed E-state index contributed by atoms with van der Waals surface area (Å²) in [5.41, 5.74) is 4.14. The van der Waals surface area contributed by atoms with Crippen molar-refractivity contribution < 1.29 is 0 Å². The summed E-state index contributed by atoms with van der Waals surface area (Å²) < 4.78 is 0. The van der Waals surface area contributed by atoms with E-state index in [1.54, 1.807) is 0 Å². The van der Waals surface area contributed by atoms with Crippen molar-refractivity contribution in [3.63, 3.8) is 0 Å². The van der Waals surface area contributed by atoms with Crippen LogP contribution in [0.15, 0.2) is 24.3 Å². The fraction of sp³-hybridized carbons (Fsp3) is 0.385. The summed E-state index contributed by atoms with van der Waals surface area (Å²) in [5.74, 6) is 0. The average molecular weight is 200 g/mol. The Labute approximate surface area is 89.7 Å². The second-order valence-corrected chi connectivity index (χ2v) is 4.56. The number of aromatic nitrogens is 1. The molecule has 2 nitrogen and oxygen atoms in total. The van der Waals surface area contributed by atoms with Gasteiger partial charge in [0, 0.05) is 28.7 Å². The Morgan fingerprint density at radius 2 is 2.00 bits per heavy atom. The lowest BCUT2D eigenvalue weighted by atomic mass is 9.96. The van der Waals surface area contributed by atoms with E-state index in [2.05, 4.69) is 48.4 Å². The molecule has 1 aliphatic rings. The molecule has 0 saturated heterocycles. The highest BCUT2D eigenvalue weighted by Gasteiger charge is 2.23. The van der Waals surface area contributed by atoms with Crippen LogP contribution in [-0.4, -0.2) is 11.0 Å². The fourth-order valence-corrected chi connectivity index (χ4v) is 2.69. The number of hydrogen-bond donors (Lipinski definition) is 2. The quantitative estimate of drug-likeness (QED) is 0.672. The Morgan fingerprint density at radius 1 is 1.20 bits per heavy atom. The van der Waals surface area contributed by atoms with E-state index in [4.69, 9.17) is 0 Å². The van der Waals surface area contributed by atoms with Gasteiger partial charge < -0.3 is 10.3 Å². The maximum absolute atomic E-state index is 3.57. The van der Waals surface area contributed by atoms with Crippen molar-refractivity contribution in [2.75, 3.05) is 0 Å². The van der Waals surface area contributed by atoms with E-state index in [0.717, 1.165) is 6.42 Å². The molecule has 2 heteroatoms. The van der Waals surface area contributed by atoms with Gasteiger partial charge in [-0.1, -0.05) is 18.2 Å². The van der Waals surface area contributed by atoms with Gasteiger partial charge in [0.1, 0.15) is 0 Å². The first kappa shape index (κ1) is 8.98. The Hall–Kier alpha value is -1.28. The summed E-state index contributed by atoms with van der Waals surface area (Å²) in [6, 6.07) is 9.60. The van der Waals surface area contributed by atoms with Gasteiger partial charge in [-0.25, -0.2) is 0 Å². The minimum Gasteiger partial charge on any atom is -0.357 e. The number of H-pyrrole nitrogens is 1. The van der Waals surface area contributed by atoms with Crippen molar-refractivity contribution in [2.24, 2.45) is 0 Å². The second-order valence-electron chi connectivity index (χ2n) is 4.56. The van der Waals surface area contributed by atoms with Gasteiger partial charge in [0.2, 0.25) is 0 Å². The Bertz CT molecular complexity index is 498. The van der Waals surface area contributed by atoms with E-state index >= 15 is 0 Å². The highest BCUT2D eigenvalue weighted by molar-refractivity contribution is 5.85. The summed E-state index contributed by atoms with van der Waals surface area (Å²) in [6.45, 7) is 4.48. The van der Waals surface area contributed by atoms with Crippen molar-refractivity contribution >= 4 is 10.9 Å². The maximum Gasteiger partial charge on any atom is 0.0459 e. The zero-order valence-corrected chi connectivity index (χ0v) is 9.17. The molecule has 0 amide bonds. The smallest absolute Gasteiger partial charge is 0.0459 e. The summed E-state index contributed by atoms with van der Waals surface area (Å²) in [6.07, 6.45) is 1.13. The monoisotopic (exact) mass is 200 g/mol. The number of aromatic amines is 1. The van der Waals surface area contributed by atoms with Crippen LogP contribution in [0.4, 0.5) is 0 Å². The van der Waals surface area contributed by atoms with E-state index in [0.29, 0.717) is 12.1 Å². The highest BCUT2D eigenvalue weighted by atomic mass is 15.0. The molecule has 0 saturated carbocycles. The molecule has 2 aromatic rings. The van der Waals surface area contributed by atoms with Crippen LogP contribution < -0.4 is 5.32 Å². The van der Waals surface area contributed by atoms with Crippen molar-refractivity contribution in [3.05, 3.63) is 35.5 Å². The molecule has 2 atom stereocenters. The predicted molar refractivity (Wildman–Crippen MR) is 63.0 cm³/mol. The van der Waals surface area contributed by atoms with Crippen LogP contribution in [0, 0.1) is 0 Å². The molecule has 0 radical (unpaired) electrons. The van der Waals surface area contributed by atoms with Crippen LogP contribution in [0.25, 0.3) is 10.9 Å². The van der Waals surface area contributed by atoms with Gasteiger partial charge in [-0.2, -0.15) is 0 Å². The SMILES string of the molecule is C[C@@H]1Cc2c([nH]c3ccccc23)[C@H](C)N1. The number of benzene rings is 1. The lowest BCUT2D eigenvalue weighted by Gasteiger charge is -2.26. The van der Waals surface area contributed by atoms with E-state index in [1.165, 1.54) is 22.2 Å². The first-order valence-corrected chi connectivity index (χ1v) is 5.61. The van der Waals surface area contributed by atoms with Crippen LogP contribution >= 0.6 is 0 Å². The first-order chi connectivity index (χ1) is 7.25. The largest absolute Gasteiger partial charge is 0.357 e. The third-order valence-electron chi connectivity index (χ3n) is 3.32. The van der Waals surface area contributed by atoms with Crippen LogP contribution in [0.3, 0.4) is 0 Å². The van der Waals surface area contributed by atoms with E-state index < -0.39 is 0 Å². The minimum atomic E-state index is 0.441. The normalized spacial score (nSPS) is 25.5. The molecule has 1 aliphatic heterocycles. The number of nitrogens with one attached hydrogen (secondary N) is 2. The maximum atomic E-state index is 3.57. The second kappa shape index (κ2) is 3.11. The summed E-state index contributed by atoms with van der Waals surface area (Å²) >= 11 is 0. The molecule has 2 N–H and O–H groups in total. The van der Waals surface area contributed by atoms with Crippen LogP contribution in [-0.2, 0) is 6.42 Å². The van der Waals surface area contributed by atoms with Gasteiger partial charge in [-0.3, -0.25) is 0 Å². The lowest BCUT2D eigenvalue weighted by Crippen LogP contribution is -2.35. The predicted octanol–water partition coefficient (Wildman–Crippen LogP) is 2.76. The van der Waals surface area contributed by atoms with Crippen LogP contribution in [0.2, 0.25) is 0 Å². The summed E-state index contributed by atoms with van der Waals surface area (Å²) in [5, 5.41) is 4.96. The molecule has 2 heterocycles. The van der Waals surface area contributed by atoms with Gasteiger partial charge in [0.05, 0.1) is 0 Å². The van der Waals surface area contributed by atoms with Gasteiger partial charge in [0.25, 0.3) is 0 Å². The van der Waals surface area contributed by atoms with Gasteiger partial charge in [-0.05, 0) is 31.9 Å². The molecule has 0 spiro atoms. The molecule has 0 bridgehead atoms. The minimum absolute atomic E-state index is 0.441. The topological polar surface area (TPSA) is 27.8 Å². The van der Waals surface area contributed by atoms with E-state index in [1.807, 2.05) is 0 Å². The molecule has 1 aromatic heterocycles. The first-order valence-electron chi connectivity index (χ1n) is 5.61. The summed E-state index contributed by atoms with van der Waals surface area (Å²) in [4.78, 5) is 3.52. The Balaban J connectivity index is 2.27. The van der Waals surface area contributed by atoms with Crippen LogP contribution in [0.5, 0.6) is 0 Å². The third-order valence-corrected chi connectivity index (χ3v) is 3.32. The highest BCUT2D eigenvalue weighted by Crippen LogP contribution is 2.31. The average Bonchev–Trinajstić information content (AvgIpc) is 2.57. The van der Waals surface area contributed by atoms with E-state index in [9.17, 15) is 0 Å². The third kappa shape index (κ3) is 1.29. The fourth-order valence-electron chi connectivity index (χ4n) is 2.69. The van der Waals surface area contributed by atoms with Gasteiger partial charge in [0.15, 0.2) is 0 Å². The Kier molecular flexibility index (Phi) is 1.86. The van der Waals surface area contributed by atoms with Crippen molar-refractivity contribution in [2.45, 2.75) is 32.4 Å². The number of rotatable bonds is 0. The zero-order chi connectivity index (χ0) is 10.4. The Morgan fingerprint density at radius 3 is 2.87 bits per heavy atom. The number of hydrogen-bond acceptors (Lipinski definition) is 1. The lowest BCUT2D eigenvalue weighted by molar-refractivity contribution is 0.441. The molecular formula is C13H16N2. The molecule has 15 heavy (non-hydrogen) atoms. The van der Waals surface area contributed by atoms with Crippen molar-refractivity contribution in [1.82, 2.24) is 10.3 Å². The molecule has 3 rings (SSSR count). The van der Waals surface area contributed by atoms with Crippen LogP contribution in [0.1, 0.15) is 31.1 Å². The number of fused-ring (bicyclic) bond motifs is 3. The molecule has 0 aliphatic carbocycles. The molecule has 78 valence electrons. The van der Waals surface area contributed by atoms with E-state index in [-0.39, 0.29) is 0 Å². The zero-order valence-electron chi connectivity index (χ0n) is 9.17. The molecule has 1 aromatic carbocycles. The number of para-hydroxylation sites is 1. The summed E-state index contributed by atoms with van der Waals surface area (Å²) in [7, 11) is 0. The van der Waals surface area contributed by atoms with Crippen molar-refractivity contribution in [3.8, 4) is 0 Å². The molecular weight excluding hydrogens is 184 g/mol. The van der Waals surface area contributed by atoms with Gasteiger partial charge in [-0.15, -0.1) is 0 Å². The standard InChI is InChI=1S/C13H16N2/c1-8-7-11-10-5-3-4-6-12(10)15-13(11)9(2)14-8/h3-6,8-9,14-15H,7H2,1-2H3/t8-,9+/m1/s1. The molecule has 0 fully saturated rings.